The minimum absolute atomic E-state index is 0.0634. The van der Waals surface area contributed by atoms with Gasteiger partial charge in [-0.3, -0.25) is 28.8 Å². The number of hydrogen-bond donors (Lipinski definition) is 7. The molecule has 0 aliphatic carbocycles. The van der Waals surface area contributed by atoms with Crippen molar-refractivity contribution in [2.75, 3.05) is 7.05 Å². The van der Waals surface area contributed by atoms with Gasteiger partial charge in [-0.1, -0.05) is 13.8 Å². The molecule has 7 N–H and O–H groups in total. The van der Waals surface area contributed by atoms with Crippen molar-refractivity contribution < 1.29 is 44.1 Å². The largest absolute Gasteiger partial charge is 0.481 e. The summed E-state index contributed by atoms with van der Waals surface area (Å²) < 4.78 is 0. The van der Waals surface area contributed by atoms with Crippen molar-refractivity contribution in [2.24, 2.45) is 0 Å². The molecule has 13 nitrogen and oxygen atoms in total. The zero-order valence-corrected chi connectivity index (χ0v) is 18.3. The van der Waals surface area contributed by atoms with E-state index in [9.17, 15) is 28.8 Å². The molecule has 0 aromatic carbocycles. The maximum atomic E-state index is 12.7. The number of carboxylic acids is 3. The summed E-state index contributed by atoms with van der Waals surface area (Å²) >= 11 is 0. The fourth-order valence-corrected chi connectivity index (χ4v) is 2.75. The van der Waals surface area contributed by atoms with Crippen molar-refractivity contribution in [3.63, 3.8) is 0 Å². The number of carbonyl (C=O) groups excluding carboxylic acids is 3. The highest BCUT2D eigenvalue weighted by atomic mass is 16.4. The first-order valence-corrected chi connectivity index (χ1v) is 10.1. The van der Waals surface area contributed by atoms with Gasteiger partial charge in [-0.05, 0) is 19.3 Å². The highest BCUT2D eigenvalue weighted by molar-refractivity contribution is 5.93. The van der Waals surface area contributed by atoms with E-state index in [1.165, 1.54) is 7.05 Å². The zero-order valence-electron chi connectivity index (χ0n) is 18.3. The maximum Gasteiger partial charge on any atom is 0.303 e. The van der Waals surface area contributed by atoms with Gasteiger partial charge in [0.15, 0.2) is 0 Å². The van der Waals surface area contributed by atoms with E-state index >= 15 is 0 Å². The molecule has 3 unspecified atom stereocenters. The van der Waals surface area contributed by atoms with Crippen molar-refractivity contribution >= 4 is 35.6 Å². The highest BCUT2D eigenvalue weighted by Crippen LogP contribution is 2.06. The number of carbonyl (C=O) groups is 6. The van der Waals surface area contributed by atoms with Crippen LogP contribution in [0.3, 0.4) is 0 Å². The first kappa shape index (κ1) is 28.8. The van der Waals surface area contributed by atoms with Crippen LogP contribution in [0.25, 0.3) is 0 Å². The first-order chi connectivity index (χ1) is 14.9. The Balaban J connectivity index is 5.47. The van der Waals surface area contributed by atoms with Crippen LogP contribution in [-0.2, 0) is 28.8 Å². The van der Waals surface area contributed by atoms with Crippen molar-refractivity contribution in [3.05, 3.63) is 0 Å². The van der Waals surface area contributed by atoms with Crippen molar-refractivity contribution in [1.82, 2.24) is 21.3 Å². The molecule has 0 aromatic heterocycles. The fraction of sp³-hybridized carbons (Fsp3) is 0.684. The third-order valence-electron chi connectivity index (χ3n) is 4.30. The van der Waals surface area contributed by atoms with Crippen molar-refractivity contribution in [3.8, 4) is 0 Å². The van der Waals surface area contributed by atoms with Gasteiger partial charge in [-0.2, -0.15) is 0 Å². The quantitative estimate of drug-likeness (QED) is 0.144. The van der Waals surface area contributed by atoms with E-state index in [1.807, 2.05) is 0 Å². The number of likely N-dealkylation sites (N-methyl/N-ethyl adjacent to an activating group) is 1. The summed E-state index contributed by atoms with van der Waals surface area (Å²) in [5, 5.41) is 36.6. The van der Waals surface area contributed by atoms with Gasteiger partial charge in [0.25, 0.3) is 0 Å². The second kappa shape index (κ2) is 14.7. The lowest BCUT2D eigenvalue weighted by molar-refractivity contribution is -0.140. The van der Waals surface area contributed by atoms with Crippen LogP contribution in [-0.4, -0.2) is 82.2 Å². The van der Waals surface area contributed by atoms with E-state index in [1.54, 1.807) is 13.8 Å². The normalized spacial score (nSPS) is 13.5. The van der Waals surface area contributed by atoms with Gasteiger partial charge in [0.2, 0.25) is 17.7 Å². The number of rotatable bonds is 16. The smallest absolute Gasteiger partial charge is 0.303 e. The van der Waals surface area contributed by atoms with Crippen molar-refractivity contribution in [2.45, 2.75) is 76.5 Å². The predicted molar refractivity (Wildman–Crippen MR) is 111 cm³/mol. The SMILES string of the molecule is CNC(=O)C(CCC(=O)O)NC(=O)C(CCC(=O)O)NC(=O)C(CCC(=O)O)NC(C)C. The van der Waals surface area contributed by atoms with E-state index in [4.69, 9.17) is 15.3 Å². The summed E-state index contributed by atoms with van der Waals surface area (Å²) in [7, 11) is 1.30. The summed E-state index contributed by atoms with van der Waals surface area (Å²) in [6.45, 7) is 3.48. The molecule has 0 bridgehead atoms. The molecule has 0 aliphatic heterocycles. The average molecular weight is 460 g/mol. The molecule has 0 aromatic rings. The molecule has 0 radical (unpaired) electrons. The van der Waals surface area contributed by atoms with Crippen LogP contribution in [0.2, 0.25) is 0 Å². The topological polar surface area (TPSA) is 211 Å². The molecular weight excluding hydrogens is 428 g/mol. The Bertz CT molecular complexity index is 696. The third-order valence-corrected chi connectivity index (χ3v) is 4.30. The van der Waals surface area contributed by atoms with E-state index < -0.39 is 66.6 Å². The third kappa shape index (κ3) is 12.5. The number of nitrogens with one attached hydrogen (secondary N) is 4. The molecule has 0 heterocycles. The molecular formula is C19H32N4O9. The number of aliphatic carboxylic acids is 3. The summed E-state index contributed by atoms with van der Waals surface area (Å²) in [5.41, 5.74) is 0. The lowest BCUT2D eigenvalue weighted by Crippen LogP contribution is -2.56. The second-order valence-corrected chi connectivity index (χ2v) is 7.41. The lowest BCUT2D eigenvalue weighted by Gasteiger charge is -2.25. The van der Waals surface area contributed by atoms with Gasteiger partial charge in [0.1, 0.15) is 12.1 Å². The number of hydrogen-bond acceptors (Lipinski definition) is 7. The number of amides is 3. The van der Waals surface area contributed by atoms with Crippen LogP contribution in [0.1, 0.15) is 52.4 Å². The van der Waals surface area contributed by atoms with Gasteiger partial charge in [0, 0.05) is 32.4 Å². The summed E-state index contributed by atoms with van der Waals surface area (Å²) in [5.74, 6) is -5.71. The molecule has 0 saturated carbocycles. The molecule has 32 heavy (non-hydrogen) atoms. The monoisotopic (exact) mass is 460 g/mol. The Morgan fingerprint density at radius 2 is 0.969 bits per heavy atom. The van der Waals surface area contributed by atoms with Crippen LogP contribution in [0.15, 0.2) is 0 Å². The Labute approximate surface area is 185 Å². The van der Waals surface area contributed by atoms with Gasteiger partial charge >= 0.3 is 17.9 Å². The van der Waals surface area contributed by atoms with Crippen LogP contribution in [0, 0.1) is 0 Å². The Morgan fingerprint density at radius 1 is 0.625 bits per heavy atom. The van der Waals surface area contributed by atoms with Gasteiger partial charge in [0.05, 0.1) is 6.04 Å². The highest BCUT2D eigenvalue weighted by Gasteiger charge is 2.29. The zero-order chi connectivity index (χ0) is 24.8. The van der Waals surface area contributed by atoms with E-state index in [0.717, 1.165) is 0 Å². The standard InChI is InChI=1S/C19H32N4O9/c1-10(2)21-12(5-8-15(26)27)18(31)23-13(6-9-16(28)29)19(32)22-11(17(30)20-3)4-7-14(24)25/h10-13,21H,4-9H2,1-3H3,(H,20,30)(H,22,32)(H,23,31)(H,24,25)(H,26,27)(H,28,29). The molecule has 0 fully saturated rings. The van der Waals surface area contributed by atoms with E-state index in [0.29, 0.717) is 0 Å². The maximum absolute atomic E-state index is 12.7. The van der Waals surface area contributed by atoms with Gasteiger partial charge in [-0.25, -0.2) is 0 Å². The van der Waals surface area contributed by atoms with Crippen LogP contribution in [0.5, 0.6) is 0 Å². The summed E-state index contributed by atoms with van der Waals surface area (Å²) in [6.07, 6.45) is -1.74. The number of carboxylic acid groups (broad SMARTS) is 3. The Kier molecular flexibility index (Phi) is 13.2. The molecule has 13 heteroatoms. The summed E-state index contributed by atoms with van der Waals surface area (Å²) in [6, 6.07) is -3.67. The molecule has 3 amide bonds. The molecule has 3 atom stereocenters. The van der Waals surface area contributed by atoms with E-state index in [2.05, 4.69) is 21.3 Å². The van der Waals surface area contributed by atoms with E-state index in [-0.39, 0.29) is 31.7 Å². The van der Waals surface area contributed by atoms with Gasteiger partial charge in [-0.15, -0.1) is 0 Å². The molecule has 0 rings (SSSR count). The molecule has 0 aliphatic rings. The van der Waals surface area contributed by atoms with Crippen LogP contribution >= 0.6 is 0 Å². The predicted octanol–water partition coefficient (Wildman–Crippen LogP) is -1.34. The van der Waals surface area contributed by atoms with Crippen molar-refractivity contribution in [1.29, 1.82) is 0 Å². The van der Waals surface area contributed by atoms with Crippen LogP contribution < -0.4 is 21.3 Å². The first-order valence-electron chi connectivity index (χ1n) is 10.1. The van der Waals surface area contributed by atoms with Gasteiger partial charge < -0.3 is 36.6 Å². The molecule has 182 valence electrons. The fourth-order valence-electron chi connectivity index (χ4n) is 2.75. The minimum atomic E-state index is -1.34. The second-order valence-electron chi connectivity index (χ2n) is 7.41. The average Bonchev–Trinajstić information content (AvgIpc) is 2.69. The lowest BCUT2D eigenvalue weighted by atomic mass is 10.1. The Hall–Kier alpha value is -3.22. The molecule has 0 saturated heterocycles. The minimum Gasteiger partial charge on any atom is -0.481 e. The van der Waals surface area contributed by atoms with Crippen LogP contribution in [0.4, 0.5) is 0 Å². The Morgan fingerprint density at radius 3 is 1.31 bits per heavy atom. The molecule has 0 spiro atoms. The summed E-state index contributed by atoms with van der Waals surface area (Å²) in [4.78, 5) is 70.1.